The number of fused-ring (bicyclic) bond motifs is 1. The summed E-state index contributed by atoms with van der Waals surface area (Å²) in [7, 11) is 0. The Morgan fingerprint density at radius 1 is 1.22 bits per heavy atom. The molecule has 1 aliphatic heterocycles. The highest BCUT2D eigenvalue weighted by Crippen LogP contribution is 2.32. The predicted molar refractivity (Wildman–Crippen MR) is 84.7 cm³/mol. The molecule has 6 heteroatoms. The van der Waals surface area contributed by atoms with Crippen LogP contribution in [0.4, 0.5) is 0 Å². The van der Waals surface area contributed by atoms with Crippen molar-refractivity contribution < 1.29 is 14.3 Å². The number of ether oxygens (including phenoxy) is 2. The van der Waals surface area contributed by atoms with Crippen LogP contribution in [0.1, 0.15) is 22.4 Å². The molecular formula is C17H18N2O4. The Bertz CT molecular complexity index is 811. The summed E-state index contributed by atoms with van der Waals surface area (Å²) in [5, 5.41) is 2.79. The number of benzene rings is 1. The fourth-order valence-corrected chi connectivity index (χ4v) is 2.59. The van der Waals surface area contributed by atoms with Crippen LogP contribution in [0, 0.1) is 13.8 Å². The van der Waals surface area contributed by atoms with Gasteiger partial charge in [-0.1, -0.05) is 6.07 Å². The summed E-state index contributed by atoms with van der Waals surface area (Å²) >= 11 is 0. The van der Waals surface area contributed by atoms with Gasteiger partial charge < -0.3 is 19.8 Å². The molecule has 120 valence electrons. The van der Waals surface area contributed by atoms with E-state index in [1.807, 2.05) is 26.0 Å². The molecule has 0 saturated carbocycles. The van der Waals surface area contributed by atoms with Crippen molar-refractivity contribution >= 4 is 5.91 Å². The van der Waals surface area contributed by atoms with Gasteiger partial charge in [-0.05, 0) is 43.2 Å². The minimum atomic E-state index is -0.161. The van der Waals surface area contributed by atoms with Gasteiger partial charge in [0.05, 0.1) is 6.42 Å². The molecule has 0 atom stereocenters. The number of carbonyl (C=O) groups is 1. The maximum Gasteiger partial charge on any atom is 0.253 e. The highest BCUT2D eigenvalue weighted by molar-refractivity contribution is 5.78. The van der Waals surface area contributed by atoms with Crippen molar-refractivity contribution in [2.75, 3.05) is 6.79 Å². The van der Waals surface area contributed by atoms with Crippen LogP contribution >= 0.6 is 0 Å². The number of H-pyrrole nitrogens is 1. The molecule has 6 nitrogen and oxygen atoms in total. The van der Waals surface area contributed by atoms with Gasteiger partial charge in [-0.25, -0.2) is 0 Å². The van der Waals surface area contributed by atoms with E-state index in [1.54, 1.807) is 12.1 Å². The number of carbonyl (C=O) groups excluding carboxylic acids is 1. The molecule has 2 N–H and O–H groups in total. The van der Waals surface area contributed by atoms with Crippen LogP contribution in [0.2, 0.25) is 0 Å². The van der Waals surface area contributed by atoms with E-state index in [4.69, 9.17) is 9.47 Å². The van der Waals surface area contributed by atoms with Crippen molar-refractivity contribution in [2.24, 2.45) is 0 Å². The zero-order valence-corrected chi connectivity index (χ0v) is 13.1. The average molecular weight is 314 g/mol. The van der Waals surface area contributed by atoms with E-state index < -0.39 is 0 Å². The predicted octanol–water partition coefficient (Wildman–Crippen LogP) is 1.58. The lowest BCUT2D eigenvalue weighted by Gasteiger charge is -2.08. The molecule has 0 radical (unpaired) electrons. The molecular weight excluding hydrogens is 296 g/mol. The monoisotopic (exact) mass is 314 g/mol. The van der Waals surface area contributed by atoms with Crippen LogP contribution in [0.3, 0.4) is 0 Å². The summed E-state index contributed by atoms with van der Waals surface area (Å²) in [6.45, 7) is 4.11. The standard InChI is InChI=1S/C17H18N2O4/c1-10-5-11(2)19-17(21)13(10)8-18-16(20)7-12-3-4-14-15(6-12)23-9-22-14/h3-6H,7-9H2,1-2H3,(H,18,20)(H,19,21). The molecule has 0 spiro atoms. The summed E-state index contributed by atoms with van der Waals surface area (Å²) in [6.07, 6.45) is 0.222. The molecule has 1 aromatic heterocycles. The number of pyridine rings is 1. The smallest absolute Gasteiger partial charge is 0.253 e. The molecule has 1 aliphatic rings. The second-order valence-electron chi connectivity index (χ2n) is 5.58. The van der Waals surface area contributed by atoms with Crippen molar-refractivity contribution in [3.05, 3.63) is 57.0 Å². The SMILES string of the molecule is Cc1cc(C)c(CNC(=O)Cc2ccc3c(c2)OCO3)c(=O)[nH]1. The number of hydrogen-bond donors (Lipinski definition) is 2. The van der Waals surface area contributed by atoms with Crippen LogP contribution < -0.4 is 20.3 Å². The molecule has 0 unspecified atom stereocenters. The molecule has 1 amide bonds. The van der Waals surface area contributed by atoms with Gasteiger partial charge in [-0.2, -0.15) is 0 Å². The summed E-state index contributed by atoms with van der Waals surface area (Å²) in [4.78, 5) is 26.7. The fourth-order valence-electron chi connectivity index (χ4n) is 2.59. The number of hydrogen-bond acceptors (Lipinski definition) is 4. The molecule has 2 aromatic rings. The van der Waals surface area contributed by atoms with E-state index in [2.05, 4.69) is 10.3 Å². The first-order chi connectivity index (χ1) is 11.0. The van der Waals surface area contributed by atoms with E-state index in [9.17, 15) is 9.59 Å². The quantitative estimate of drug-likeness (QED) is 0.898. The largest absolute Gasteiger partial charge is 0.454 e. The zero-order chi connectivity index (χ0) is 16.4. The van der Waals surface area contributed by atoms with Crippen LogP contribution in [0.15, 0.2) is 29.1 Å². The van der Waals surface area contributed by atoms with Gasteiger partial charge in [0.1, 0.15) is 0 Å². The Balaban J connectivity index is 1.63. The minimum Gasteiger partial charge on any atom is -0.454 e. The first-order valence-electron chi connectivity index (χ1n) is 7.37. The fraction of sp³-hybridized carbons (Fsp3) is 0.294. The first-order valence-corrected chi connectivity index (χ1v) is 7.37. The Kier molecular flexibility index (Phi) is 4.06. The Morgan fingerprint density at radius 2 is 2.00 bits per heavy atom. The highest BCUT2D eigenvalue weighted by atomic mass is 16.7. The van der Waals surface area contributed by atoms with Gasteiger partial charge in [-0.3, -0.25) is 9.59 Å². The maximum absolute atomic E-state index is 12.1. The topological polar surface area (TPSA) is 80.4 Å². The highest BCUT2D eigenvalue weighted by Gasteiger charge is 2.14. The van der Waals surface area contributed by atoms with Crippen molar-refractivity contribution in [3.8, 4) is 11.5 Å². The summed E-state index contributed by atoms with van der Waals surface area (Å²) in [6, 6.07) is 7.31. The Morgan fingerprint density at radius 3 is 2.78 bits per heavy atom. The third kappa shape index (κ3) is 3.36. The average Bonchev–Trinajstić information content (AvgIpc) is 2.93. The van der Waals surface area contributed by atoms with Crippen LogP contribution in [-0.4, -0.2) is 17.7 Å². The number of nitrogens with one attached hydrogen (secondary N) is 2. The van der Waals surface area contributed by atoms with Crippen molar-refractivity contribution in [3.63, 3.8) is 0 Å². The van der Waals surface area contributed by atoms with Gasteiger partial charge in [-0.15, -0.1) is 0 Å². The van der Waals surface area contributed by atoms with Gasteiger partial charge in [0.15, 0.2) is 11.5 Å². The molecule has 1 aromatic carbocycles. The van der Waals surface area contributed by atoms with Gasteiger partial charge >= 0.3 is 0 Å². The van der Waals surface area contributed by atoms with Gasteiger partial charge in [0.2, 0.25) is 12.7 Å². The van der Waals surface area contributed by atoms with E-state index in [0.717, 1.165) is 16.8 Å². The van der Waals surface area contributed by atoms with E-state index in [0.29, 0.717) is 17.1 Å². The summed E-state index contributed by atoms with van der Waals surface area (Å²) in [5.41, 5.74) is 2.93. The molecule has 0 aliphatic carbocycles. The lowest BCUT2D eigenvalue weighted by Crippen LogP contribution is -2.29. The Labute approximate surface area is 133 Å². The van der Waals surface area contributed by atoms with E-state index in [-0.39, 0.29) is 31.2 Å². The van der Waals surface area contributed by atoms with E-state index in [1.165, 1.54) is 0 Å². The van der Waals surface area contributed by atoms with Crippen molar-refractivity contribution in [2.45, 2.75) is 26.8 Å². The van der Waals surface area contributed by atoms with Crippen molar-refractivity contribution in [1.29, 1.82) is 0 Å². The second kappa shape index (κ2) is 6.16. The first kappa shape index (κ1) is 15.1. The normalized spacial score (nSPS) is 12.3. The van der Waals surface area contributed by atoms with Gasteiger partial charge in [0.25, 0.3) is 5.56 Å². The lowest BCUT2D eigenvalue weighted by atomic mass is 10.1. The summed E-state index contributed by atoms with van der Waals surface area (Å²) in [5.74, 6) is 1.19. The molecule has 23 heavy (non-hydrogen) atoms. The molecule has 0 saturated heterocycles. The molecule has 3 rings (SSSR count). The molecule has 2 heterocycles. The zero-order valence-electron chi connectivity index (χ0n) is 13.1. The Hall–Kier alpha value is -2.76. The number of rotatable bonds is 4. The number of amides is 1. The summed E-state index contributed by atoms with van der Waals surface area (Å²) < 4.78 is 10.5. The third-order valence-electron chi connectivity index (χ3n) is 3.76. The van der Waals surface area contributed by atoms with Gasteiger partial charge in [0, 0.05) is 17.8 Å². The number of aryl methyl sites for hydroxylation is 2. The lowest BCUT2D eigenvalue weighted by molar-refractivity contribution is -0.120. The number of aromatic nitrogens is 1. The minimum absolute atomic E-state index is 0.150. The molecule has 0 fully saturated rings. The maximum atomic E-state index is 12.1. The third-order valence-corrected chi connectivity index (χ3v) is 3.76. The van der Waals surface area contributed by atoms with Crippen molar-refractivity contribution in [1.82, 2.24) is 10.3 Å². The molecule has 0 bridgehead atoms. The second-order valence-corrected chi connectivity index (χ2v) is 5.58. The van der Waals surface area contributed by atoms with Crippen LogP contribution in [0.25, 0.3) is 0 Å². The van der Waals surface area contributed by atoms with Crippen LogP contribution in [0.5, 0.6) is 11.5 Å². The van der Waals surface area contributed by atoms with Crippen LogP contribution in [-0.2, 0) is 17.8 Å². The van der Waals surface area contributed by atoms with E-state index >= 15 is 0 Å². The number of aromatic amines is 1.